The van der Waals surface area contributed by atoms with Crippen molar-refractivity contribution in [2.24, 2.45) is 5.73 Å². The number of primary amides is 1. The molecule has 0 saturated heterocycles. The normalized spacial score (nSPS) is 10.6. The van der Waals surface area contributed by atoms with E-state index in [1.54, 1.807) is 47.3 Å². The van der Waals surface area contributed by atoms with Crippen LogP contribution >= 0.6 is 11.6 Å². The van der Waals surface area contributed by atoms with Gasteiger partial charge in [0.25, 0.3) is 5.91 Å². The van der Waals surface area contributed by atoms with Crippen molar-refractivity contribution in [3.8, 4) is 16.9 Å². The number of carbonyl (C=O) groups excluding carboxylic acids is 2. The van der Waals surface area contributed by atoms with Gasteiger partial charge < -0.3 is 11.1 Å². The van der Waals surface area contributed by atoms with Crippen molar-refractivity contribution in [1.29, 1.82) is 0 Å². The molecule has 0 spiro atoms. The molecule has 4 aromatic rings. The first-order chi connectivity index (χ1) is 14.5. The predicted molar refractivity (Wildman–Crippen MR) is 117 cm³/mol. The Bertz CT molecular complexity index is 1200. The van der Waals surface area contributed by atoms with E-state index in [0.29, 0.717) is 27.5 Å². The zero-order valence-electron chi connectivity index (χ0n) is 15.7. The van der Waals surface area contributed by atoms with Crippen LogP contribution in [0.5, 0.6) is 0 Å². The van der Waals surface area contributed by atoms with E-state index in [4.69, 9.17) is 17.3 Å². The van der Waals surface area contributed by atoms with E-state index in [2.05, 4.69) is 10.4 Å². The van der Waals surface area contributed by atoms with E-state index in [0.717, 1.165) is 11.3 Å². The minimum absolute atomic E-state index is 0.325. The third kappa shape index (κ3) is 4.09. The van der Waals surface area contributed by atoms with Crippen LogP contribution in [0.15, 0.2) is 85.1 Å². The summed E-state index contributed by atoms with van der Waals surface area (Å²) in [5, 5.41) is 8.07. The minimum Gasteiger partial charge on any atom is -0.366 e. The number of amides is 2. The molecule has 7 heteroatoms. The Morgan fingerprint density at radius 2 is 1.57 bits per heavy atom. The molecule has 3 aromatic carbocycles. The summed E-state index contributed by atoms with van der Waals surface area (Å²) in [7, 11) is 0. The van der Waals surface area contributed by atoms with Crippen LogP contribution in [0.3, 0.4) is 0 Å². The molecule has 4 rings (SSSR count). The Labute approximate surface area is 177 Å². The molecule has 148 valence electrons. The van der Waals surface area contributed by atoms with E-state index < -0.39 is 5.91 Å². The number of benzene rings is 3. The second-order valence-corrected chi connectivity index (χ2v) is 7.01. The molecule has 0 aliphatic heterocycles. The molecule has 0 radical (unpaired) electrons. The smallest absolute Gasteiger partial charge is 0.259 e. The second kappa shape index (κ2) is 8.23. The van der Waals surface area contributed by atoms with Crippen LogP contribution < -0.4 is 11.1 Å². The summed E-state index contributed by atoms with van der Waals surface area (Å²) in [6, 6.07) is 23.0. The van der Waals surface area contributed by atoms with Gasteiger partial charge in [-0.05, 0) is 48.5 Å². The lowest BCUT2D eigenvalue weighted by Crippen LogP contribution is -2.13. The van der Waals surface area contributed by atoms with Gasteiger partial charge in [-0.25, -0.2) is 4.68 Å². The largest absolute Gasteiger partial charge is 0.366 e. The molecule has 30 heavy (non-hydrogen) atoms. The van der Waals surface area contributed by atoms with Crippen molar-refractivity contribution in [2.45, 2.75) is 0 Å². The van der Waals surface area contributed by atoms with Gasteiger partial charge in [-0.2, -0.15) is 5.10 Å². The Morgan fingerprint density at radius 1 is 0.900 bits per heavy atom. The zero-order valence-corrected chi connectivity index (χ0v) is 16.5. The number of nitrogens with zero attached hydrogens (tertiary/aromatic N) is 2. The molecule has 0 fully saturated rings. The van der Waals surface area contributed by atoms with Crippen molar-refractivity contribution in [3.05, 3.63) is 101 Å². The molecular formula is C23H17ClN4O2. The van der Waals surface area contributed by atoms with Crippen LogP contribution in [-0.2, 0) is 0 Å². The summed E-state index contributed by atoms with van der Waals surface area (Å²) in [4.78, 5) is 24.3. The molecule has 0 bridgehead atoms. The highest BCUT2D eigenvalue weighted by Gasteiger charge is 2.19. The second-order valence-electron chi connectivity index (χ2n) is 6.57. The number of hydrogen-bond donors (Lipinski definition) is 2. The monoisotopic (exact) mass is 416 g/mol. The van der Waals surface area contributed by atoms with Gasteiger partial charge >= 0.3 is 0 Å². The molecule has 0 aliphatic rings. The van der Waals surface area contributed by atoms with Gasteiger partial charge in [0, 0.05) is 28.0 Å². The highest BCUT2D eigenvalue weighted by atomic mass is 35.5. The van der Waals surface area contributed by atoms with Crippen molar-refractivity contribution >= 4 is 29.1 Å². The molecule has 3 N–H and O–H groups in total. The van der Waals surface area contributed by atoms with Crippen LogP contribution in [0, 0.1) is 0 Å². The van der Waals surface area contributed by atoms with Gasteiger partial charge in [-0.3, -0.25) is 9.59 Å². The first-order valence-corrected chi connectivity index (χ1v) is 9.51. The van der Waals surface area contributed by atoms with E-state index in [1.165, 1.54) is 0 Å². The van der Waals surface area contributed by atoms with Crippen LogP contribution in [0.1, 0.15) is 20.7 Å². The summed E-state index contributed by atoms with van der Waals surface area (Å²) in [5.41, 5.74) is 8.70. The molecule has 0 saturated carbocycles. The molecule has 0 unspecified atom stereocenters. The fraction of sp³-hybridized carbons (Fsp3) is 0. The first kappa shape index (κ1) is 19.4. The van der Waals surface area contributed by atoms with Crippen LogP contribution in [0.2, 0.25) is 5.02 Å². The Hall–Kier alpha value is -3.90. The minimum atomic E-state index is -0.526. The van der Waals surface area contributed by atoms with Gasteiger partial charge in [-0.1, -0.05) is 41.9 Å². The number of para-hydroxylation sites is 1. The number of hydrogen-bond acceptors (Lipinski definition) is 3. The third-order valence-electron chi connectivity index (χ3n) is 4.52. The summed E-state index contributed by atoms with van der Waals surface area (Å²) in [6.45, 7) is 0. The number of nitrogens with two attached hydrogens (primary N) is 1. The number of anilines is 1. The summed E-state index contributed by atoms with van der Waals surface area (Å²) >= 11 is 6.01. The van der Waals surface area contributed by atoms with Gasteiger partial charge in [0.1, 0.15) is 5.69 Å². The maximum absolute atomic E-state index is 13.1. The van der Waals surface area contributed by atoms with E-state index in [1.807, 2.05) is 42.5 Å². The van der Waals surface area contributed by atoms with Crippen molar-refractivity contribution in [1.82, 2.24) is 9.78 Å². The Morgan fingerprint density at radius 3 is 2.20 bits per heavy atom. The maximum atomic E-state index is 13.1. The topological polar surface area (TPSA) is 90.0 Å². The highest BCUT2D eigenvalue weighted by Crippen LogP contribution is 2.26. The Balaban J connectivity index is 1.71. The molecular weight excluding hydrogens is 400 g/mol. The molecule has 6 nitrogen and oxygen atoms in total. The lowest BCUT2D eigenvalue weighted by atomic mass is 10.1. The number of carbonyl (C=O) groups is 2. The standard InChI is InChI=1S/C23H17ClN4O2/c24-17-10-6-15(7-11-17)21-20(14-28(27-21)19-4-2-1-3-5-19)23(30)26-18-12-8-16(9-13-18)22(25)29/h1-14H,(H2,25,29)(H,26,30). The number of halogens is 1. The van der Waals surface area contributed by atoms with Gasteiger partial charge in [0.2, 0.25) is 5.91 Å². The van der Waals surface area contributed by atoms with E-state index >= 15 is 0 Å². The SMILES string of the molecule is NC(=O)c1ccc(NC(=O)c2cn(-c3ccccc3)nc2-c2ccc(Cl)cc2)cc1. The lowest BCUT2D eigenvalue weighted by Gasteiger charge is -2.06. The van der Waals surface area contributed by atoms with Gasteiger partial charge in [0.15, 0.2) is 0 Å². The quantitative estimate of drug-likeness (QED) is 0.500. The van der Waals surface area contributed by atoms with Crippen molar-refractivity contribution in [3.63, 3.8) is 0 Å². The fourth-order valence-electron chi connectivity index (χ4n) is 2.99. The Kier molecular flexibility index (Phi) is 5.32. The molecule has 2 amide bonds. The zero-order chi connectivity index (χ0) is 21.1. The van der Waals surface area contributed by atoms with Crippen LogP contribution in [0.25, 0.3) is 16.9 Å². The summed E-state index contributed by atoms with van der Waals surface area (Å²) < 4.78 is 1.66. The average Bonchev–Trinajstić information content (AvgIpc) is 3.21. The van der Waals surface area contributed by atoms with E-state index in [9.17, 15) is 9.59 Å². The number of nitrogens with one attached hydrogen (secondary N) is 1. The lowest BCUT2D eigenvalue weighted by molar-refractivity contribution is 0.0998. The molecule has 1 aromatic heterocycles. The molecule has 1 heterocycles. The summed E-state index contributed by atoms with van der Waals surface area (Å²) in [5.74, 6) is -0.851. The fourth-order valence-corrected chi connectivity index (χ4v) is 3.12. The number of aromatic nitrogens is 2. The predicted octanol–water partition coefficient (Wildman–Crippen LogP) is 4.54. The average molecular weight is 417 g/mol. The number of rotatable bonds is 5. The van der Waals surface area contributed by atoms with Crippen molar-refractivity contribution < 1.29 is 9.59 Å². The first-order valence-electron chi connectivity index (χ1n) is 9.13. The van der Waals surface area contributed by atoms with Gasteiger partial charge in [-0.15, -0.1) is 0 Å². The van der Waals surface area contributed by atoms with Gasteiger partial charge in [0.05, 0.1) is 11.3 Å². The van der Waals surface area contributed by atoms with E-state index in [-0.39, 0.29) is 5.91 Å². The van der Waals surface area contributed by atoms with Crippen molar-refractivity contribution in [2.75, 3.05) is 5.32 Å². The maximum Gasteiger partial charge on any atom is 0.259 e. The third-order valence-corrected chi connectivity index (χ3v) is 4.78. The molecule has 0 atom stereocenters. The summed E-state index contributed by atoms with van der Waals surface area (Å²) in [6.07, 6.45) is 1.69. The highest BCUT2D eigenvalue weighted by molar-refractivity contribution is 6.30. The van der Waals surface area contributed by atoms with Crippen LogP contribution in [0.4, 0.5) is 5.69 Å². The van der Waals surface area contributed by atoms with Crippen LogP contribution in [-0.4, -0.2) is 21.6 Å². The molecule has 0 aliphatic carbocycles.